The van der Waals surface area contributed by atoms with E-state index in [0.717, 1.165) is 36.1 Å². The van der Waals surface area contributed by atoms with Gasteiger partial charge in [0.25, 0.3) is 0 Å². The van der Waals surface area contributed by atoms with Gasteiger partial charge in [0, 0.05) is 5.56 Å². The second-order valence-corrected chi connectivity index (χ2v) is 6.20. The van der Waals surface area contributed by atoms with E-state index in [-0.39, 0.29) is 11.4 Å². The number of halogens is 1. The molecule has 1 nitrogen and oxygen atoms in total. The van der Waals surface area contributed by atoms with Gasteiger partial charge in [0.1, 0.15) is 17.2 Å². The molecule has 0 radical (unpaired) electrons. The lowest BCUT2D eigenvalue weighted by Crippen LogP contribution is -2.39. The standard InChI is InChI=1S/C21H23FO.C2H6/c1-4-14-21(5-2)15(3)20(16-10-12-17(22)13-11-16)18-8-6-7-9-19(18)23-21;1-2/h6-13H,4-5,14H2,1-3H3;1-2H3. The van der Waals surface area contributed by atoms with Crippen molar-refractivity contribution in [2.45, 2.75) is 59.5 Å². The first-order valence-corrected chi connectivity index (χ1v) is 9.37. The molecule has 0 N–H and O–H groups in total. The van der Waals surface area contributed by atoms with Crippen molar-refractivity contribution < 1.29 is 9.13 Å². The fourth-order valence-electron chi connectivity index (χ4n) is 3.62. The first-order chi connectivity index (χ1) is 12.1. The smallest absolute Gasteiger partial charge is 0.130 e. The molecule has 0 saturated heterocycles. The molecule has 0 bridgehead atoms. The summed E-state index contributed by atoms with van der Waals surface area (Å²) in [5.41, 5.74) is 4.30. The maximum absolute atomic E-state index is 13.3. The molecule has 1 heterocycles. The molecule has 2 heteroatoms. The van der Waals surface area contributed by atoms with Gasteiger partial charge in [0.2, 0.25) is 0 Å². The summed E-state index contributed by atoms with van der Waals surface area (Å²) >= 11 is 0. The topological polar surface area (TPSA) is 9.23 Å². The second kappa shape index (κ2) is 8.33. The Morgan fingerprint density at radius 1 is 0.960 bits per heavy atom. The number of ether oxygens (including phenoxy) is 1. The number of hydrogen-bond donors (Lipinski definition) is 0. The van der Waals surface area contributed by atoms with Crippen LogP contribution in [0.2, 0.25) is 0 Å². The monoisotopic (exact) mass is 340 g/mol. The van der Waals surface area contributed by atoms with Crippen LogP contribution in [0.1, 0.15) is 65.0 Å². The van der Waals surface area contributed by atoms with Crippen molar-refractivity contribution in [3.8, 4) is 5.75 Å². The van der Waals surface area contributed by atoms with Crippen LogP contribution in [0.25, 0.3) is 5.57 Å². The first kappa shape index (κ1) is 19.2. The van der Waals surface area contributed by atoms with Crippen LogP contribution in [0, 0.1) is 5.82 Å². The summed E-state index contributed by atoms with van der Waals surface area (Å²) in [6, 6.07) is 14.9. The fourth-order valence-corrected chi connectivity index (χ4v) is 3.62. The van der Waals surface area contributed by atoms with Crippen LogP contribution in [0.5, 0.6) is 5.75 Å². The van der Waals surface area contributed by atoms with Gasteiger partial charge in [0.15, 0.2) is 0 Å². The van der Waals surface area contributed by atoms with Crippen molar-refractivity contribution >= 4 is 5.57 Å². The Morgan fingerprint density at radius 2 is 1.60 bits per heavy atom. The third-order valence-corrected chi connectivity index (χ3v) is 4.88. The maximum Gasteiger partial charge on any atom is 0.130 e. The van der Waals surface area contributed by atoms with Gasteiger partial charge in [-0.25, -0.2) is 4.39 Å². The van der Waals surface area contributed by atoms with Crippen LogP contribution in [0.3, 0.4) is 0 Å². The predicted octanol–water partition coefficient (Wildman–Crippen LogP) is 7.02. The average molecular weight is 340 g/mol. The van der Waals surface area contributed by atoms with Gasteiger partial charge in [-0.2, -0.15) is 0 Å². The van der Waals surface area contributed by atoms with E-state index in [9.17, 15) is 4.39 Å². The summed E-state index contributed by atoms with van der Waals surface area (Å²) in [6.45, 7) is 10.5. The fraction of sp³-hybridized carbons (Fsp3) is 0.391. The first-order valence-electron chi connectivity index (χ1n) is 9.37. The van der Waals surface area contributed by atoms with Gasteiger partial charge in [-0.15, -0.1) is 0 Å². The largest absolute Gasteiger partial charge is 0.482 e. The second-order valence-electron chi connectivity index (χ2n) is 6.20. The summed E-state index contributed by atoms with van der Waals surface area (Å²) in [5.74, 6) is 0.718. The Bertz CT molecular complexity index is 730. The zero-order valence-electron chi connectivity index (χ0n) is 16.0. The molecule has 2 aromatic carbocycles. The molecule has 1 aliphatic heterocycles. The van der Waals surface area contributed by atoms with E-state index >= 15 is 0 Å². The lowest BCUT2D eigenvalue weighted by Gasteiger charge is -2.41. The zero-order chi connectivity index (χ0) is 18.4. The number of rotatable bonds is 4. The Hall–Kier alpha value is -2.09. The lowest BCUT2D eigenvalue weighted by molar-refractivity contribution is 0.0885. The van der Waals surface area contributed by atoms with Crippen molar-refractivity contribution in [2.75, 3.05) is 0 Å². The number of para-hydroxylation sites is 1. The molecule has 1 aliphatic rings. The van der Waals surface area contributed by atoms with Crippen molar-refractivity contribution in [1.29, 1.82) is 0 Å². The highest BCUT2D eigenvalue weighted by atomic mass is 19.1. The Labute approximate surface area is 151 Å². The summed E-state index contributed by atoms with van der Waals surface area (Å²) in [5, 5.41) is 0. The predicted molar refractivity (Wildman–Crippen MR) is 104 cm³/mol. The minimum atomic E-state index is -0.271. The SMILES string of the molecule is CC.CCCC1(CC)Oc2ccccc2C(c2ccc(F)cc2)=C1C. The molecular formula is C23H29FO. The van der Waals surface area contributed by atoms with E-state index in [2.05, 4.69) is 26.8 Å². The van der Waals surface area contributed by atoms with Gasteiger partial charge in [0.05, 0.1) is 0 Å². The highest BCUT2D eigenvalue weighted by Gasteiger charge is 2.38. The quantitative estimate of drug-likeness (QED) is 0.581. The van der Waals surface area contributed by atoms with Crippen molar-refractivity contribution in [3.63, 3.8) is 0 Å². The molecule has 2 aromatic rings. The number of benzene rings is 2. The molecule has 0 aliphatic carbocycles. The molecule has 1 unspecified atom stereocenters. The van der Waals surface area contributed by atoms with E-state index in [0.29, 0.717) is 0 Å². The lowest BCUT2D eigenvalue weighted by atomic mass is 9.78. The molecule has 25 heavy (non-hydrogen) atoms. The molecule has 3 rings (SSSR count). The van der Waals surface area contributed by atoms with Gasteiger partial charge in [-0.05, 0) is 54.7 Å². The van der Waals surface area contributed by atoms with E-state index in [1.54, 1.807) is 0 Å². The van der Waals surface area contributed by atoms with E-state index < -0.39 is 0 Å². The third-order valence-electron chi connectivity index (χ3n) is 4.88. The van der Waals surface area contributed by atoms with E-state index in [1.165, 1.54) is 23.3 Å². The van der Waals surface area contributed by atoms with Crippen LogP contribution in [-0.4, -0.2) is 5.60 Å². The van der Waals surface area contributed by atoms with Crippen molar-refractivity contribution in [1.82, 2.24) is 0 Å². The molecule has 0 saturated carbocycles. The van der Waals surface area contributed by atoms with Gasteiger partial charge in [-0.3, -0.25) is 0 Å². The normalized spacial score (nSPS) is 18.8. The van der Waals surface area contributed by atoms with Crippen LogP contribution in [0.15, 0.2) is 54.1 Å². The number of fused-ring (bicyclic) bond motifs is 1. The Morgan fingerprint density at radius 3 is 2.20 bits per heavy atom. The average Bonchev–Trinajstić information content (AvgIpc) is 2.65. The van der Waals surface area contributed by atoms with Crippen LogP contribution < -0.4 is 4.74 Å². The van der Waals surface area contributed by atoms with E-state index in [1.807, 2.05) is 44.2 Å². The van der Waals surface area contributed by atoms with Crippen molar-refractivity contribution in [3.05, 3.63) is 71.0 Å². The highest BCUT2D eigenvalue weighted by Crippen LogP contribution is 2.46. The summed E-state index contributed by atoms with van der Waals surface area (Å²) in [4.78, 5) is 0. The van der Waals surface area contributed by atoms with Crippen molar-refractivity contribution in [2.24, 2.45) is 0 Å². The minimum absolute atomic E-state index is 0.206. The van der Waals surface area contributed by atoms with Crippen LogP contribution >= 0.6 is 0 Å². The van der Waals surface area contributed by atoms with Gasteiger partial charge in [-0.1, -0.05) is 64.4 Å². The third kappa shape index (κ3) is 3.63. The minimum Gasteiger partial charge on any atom is -0.482 e. The van der Waals surface area contributed by atoms with Gasteiger partial charge >= 0.3 is 0 Å². The molecule has 0 fully saturated rings. The molecule has 1 atom stereocenters. The van der Waals surface area contributed by atoms with Gasteiger partial charge < -0.3 is 4.74 Å². The maximum atomic E-state index is 13.3. The molecule has 0 spiro atoms. The summed E-state index contributed by atoms with van der Waals surface area (Å²) in [6.07, 6.45) is 2.96. The highest BCUT2D eigenvalue weighted by molar-refractivity contribution is 5.87. The molecule has 0 amide bonds. The molecule has 134 valence electrons. The molecular weight excluding hydrogens is 311 g/mol. The Kier molecular flexibility index (Phi) is 6.41. The van der Waals surface area contributed by atoms with E-state index in [4.69, 9.17) is 4.74 Å². The summed E-state index contributed by atoms with van der Waals surface area (Å²) in [7, 11) is 0. The number of hydrogen-bond acceptors (Lipinski definition) is 1. The van der Waals surface area contributed by atoms with Crippen LogP contribution in [-0.2, 0) is 0 Å². The summed E-state index contributed by atoms with van der Waals surface area (Å²) < 4.78 is 19.8. The molecule has 0 aromatic heterocycles. The zero-order valence-corrected chi connectivity index (χ0v) is 16.0. The van der Waals surface area contributed by atoms with Crippen LogP contribution in [0.4, 0.5) is 4.39 Å². The Balaban J connectivity index is 0.00000109.